The van der Waals surface area contributed by atoms with Crippen molar-refractivity contribution in [2.24, 2.45) is 0 Å². The molecule has 3 amide bonds. The summed E-state index contributed by atoms with van der Waals surface area (Å²) < 4.78 is 56.8. The van der Waals surface area contributed by atoms with Crippen molar-refractivity contribution in [1.82, 2.24) is 10.6 Å². The molecule has 6 nitrogen and oxygen atoms in total. The molecule has 4 aromatic carbocycles. The summed E-state index contributed by atoms with van der Waals surface area (Å²) in [4.78, 5) is 42.3. The Morgan fingerprint density at radius 1 is 0.909 bits per heavy atom. The van der Waals surface area contributed by atoms with Crippen LogP contribution in [0.25, 0.3) is 0 Å². The third-order valence-corrected chi connectivity index (χ3v) is 8.45. The summed E-state index contributed by atoms with van der Waals surface area (Å²) in [5.41, 5.74) is 0.708. The molecule has 0 saturated carbocycles. The van der Waals surface area contributed by atoms with E-state index < -0.39 is 64.7 Å². The molecule has 0 unspecified atom stereocenters. The lowest BCUT2D eigenvalue weighted by atomic mass is 10.0. The lowest BCUT2D eigenvalue weighted by Crippen LogP contribution is -2.54. The number of benzene rings is 4. The maximum atomic E-state index is 15.2. The van der Waals surface area contributed by atoms with Crippen LogP contribution in [0.5, 0.6) is 0 Å². The van der Waals surface area contributed by atoms with Crippen LogP contribution in [0.1, 0.15) is 23.3 Å². The highest BCUT2D eigenvalue weighted by molar-refractivity contribution is 7.99. The SMILES string of the molecule is C[C@H](NC(=O)Cc1cc(F)cc(F)c1)C(=O)N[C@@H]1C(=O)N(c2ccccc2)c2cc(Cl)ccc2S[C@@H]1c1cc(F)ccc1F. The Balaban J connectivity index is 1.49. The first-order valence-corrected chi connectivity index (χ1v) is 14.6. The minimum Gasteiger partial charge on any atom is -0.344 e. The van der Waals surface area contributed by atoms with Crippen molar-refractivity contribution in [3.8, 4) is 0 Å². The minimum absolute atomic E-state index is 0.0551. The van der Waals surface area contributed by atoms with Gasteiger partial charge in [0.1, 0.15) is 35.4 Å². The highest BCUT2D eigenvalue weighted by Crippen LogP contribution is 2.49. The second-order valence-electron chi connectivity index (χ2n) is 10.1. The molecule has 5 rings (SSSR count). The van der Waals surface area contributed by atoms with E-state index in [1.807, 2.05) is 0 Å². The fourth-order valence-corrected chi connectivity index (χ4v) is 6.33. The Labute approximate surface area is 259 Å². The highest BCUT2D eigenvalue weighted by atomic mass is 35.5. The van der Waals surface area contributed by atoms with Crippen molar-refractivity contribution in [3.63, 3.8) is 0 Å². The van der Waals surface area contributed by atoms with Crippen LogP contribution in [0.2, 0.25) is 5.02 Å². The molecule has 4 aromatic rings. The monoisotopic (exact) mass is 641 g/mol. The number of hydrogen-bond acceptors (Lipinski definition) is 4. The van der Waals surface area contributed by atoms with Gasteiger partial charge in [0.2, 0.25) is 11.8 Å². The number of rotatable bonds is 7. The normalized spacial score (nSPS) is 17.0. The number of carbonyl (C=O) groups excluding carboxylic acids is 3. The van der Waals surface area contributed by atoms with Gasteiger partial charge in [-0.05, 0) is 73.2 Å². The first-order chi connectivity index (χ1) is 21.0. The molecule has 0 aromatic heterocycles. The topological polar surface area (TPSA) is 78.5 Å². The van der Waals surface area contributed by atoms with Crippen LogP contribution in [-0.4, -0.2) is 29.8 Å². The first kappa shape index (κ1) is 31.1. The van der Waals surface area contributed by atoms with E-state index in [9.17, 15) is 27.6 Å². The van der Waals surface area contributed by atoms with E-state index in [4.69, 9.17) is 11.6 Å². The summed E-state index contributed by atoms with van der Waals surface area (Å²) in [6.45, 7) is 1.36. The molecule has 1 aliphatic rings. The smallest absolute Gasteiger partial charge is 0.255 e. The second kappa shape index (κ2) is 13.1. The molecule has 3 atom stereocenters. The Hall–Kier alpha value is -4.35. The zero-order valence-electron chi connectivity index (χ0n) is 23.0. The van der Waals surface area contributed by atoms with Gasteiger partial charge in [0.25, 0.3) is 5.91 Å². The fraction of sp³-hybridized carbons (Fsp3) is 0.156. The molecular weight excluding hydrogens is 618 g/mol. The van der Waals surface area contributed by atoms with E-state index >= 15 is 4.39 Å². The van der Waals surface area contributed by atoms with Crippen LogP contribution >= 0.6 is 23.4 Å². The number of nitrogens with one attached hydrogen (secondary N) is 2. The fourth-order valence-electron chi connectivity index (χ4n) is 4.85. The molecule has 1 aliphatic heterocycles. The van der Waals surface area contributed by atoms with Gasteiger partial charge >= 0.3 is 0 Å². The predicted molar refractivity (Wildman–Crippen MR) is 160 cm³/mol. The Morgan fingerprint density at radius 3 is 2.32 bits per heavy atom. The van der Waals surface area contributed by atoms with Gasteiger partial charge in [-0.15, -0.1) is 11.8 Å². The van der Waals surface area contributed by atoms with Crippen LogP contribution in [0.15, 0.2) is 89.8 Å². The van der Waals surface area contributed by atoms with Crippen molar-refractivity contribution < 1.29 is 31.9 Å². The van der Waals surface area contributed by atoms with Gasteiger partial charge in [0, 0.05) is 27.2 Å². The molecule has 12 heteroatoms. The highest BCUT2D eigenvalue weighted by Gasteiger charge is 2.42. The van der Waals surface area contributed by atoms with Crippen molar-refractivity contribution in [2.75, 3.05) is 4.90 Å². The van der Waals surface area contributed by atoms with Crippen LogP contribution in [0, 0.1) is 23.3 Å². The van der Waals surface area contributed by atoms with Crippen LogP contribution in [-0.2, 0) is 20.8 Å². The molecule has 0 aliphatic carbocycles. The number of fused-ring (bicyclic) bond motifs is 1. The molecular formula is C32H24ClF4N3O3S. The predicted octanol–water partition coefficient (Wildman–Crippen LogP) is 6.64. The molecule has 0 radical (unpaired) electrons. The summed E-state index contributed by atoms with van der Waals surface area (Å²) in [6, 6.07) is 16.2. The number of thioether (sulfide) groups is 1. The third kappa shape index (κ3) is 6.89. The lowest BCUT2D eigenvalue weighted by molar-refractivity contribution is -0.130. The van der Waals surface area contributed by atoms with Crippen LogP contribution in [0.3, 0.4) is 0 Å². The zero-order chi connectivity index (χ0) is 31.5. The number of amides is 3. The molecule has 226 valence electrons. The van der Waals surface area contributed by atoms with E-state index in [0.29, 0.717) is 27.4 Å². The number of nitrogens with zero attached hydrogens (tertiary/aromatic N) is 1. The van der Waals surface area contributed by atoms with E-state index in [0.717, 1.165) is 42.1 Å². The molecule has 0 fully saturated rings. The van der Waals surface area contributed by atoms with Crippen molar-refractivity contribution in [3.05, 3.63) is 124 Å². The van der Waals surface area contributed by atoms with Crippen molar-refractivity contribution in [2.45, 2.75) is 35.6 Å². The maximum absolute atomic E-state index is 15.2. The standard InChI is InChI=1S/C32H24ClF4N3O3S/c1-17(38-28(41)13-18-11-21(35)15-22(36)12-18)31(42)39-29-30(24-16-20(34)8-9-25(24)37)44-27-10-7-19(33)14-26(27)40(32(29)43)23-5-3-2-4-6-23/h2-12,14-17,29-30H,13H2,1H3,(H,38,41)(H,39,42)/t17-,29-,30+/m0/s1. The number of hydrogen-bond donors (Lipinski definition) is 2. The Morgan fingerprint density at radius 2 is 1.61 bits per heavy atom. The number of carbonyl (C=O) groups is 3. The van der Waals surface area contributed by atoms with Gasteiger partial charge in [-0.1, -0.05) is 29.8 Å². The first-order valence-electron chi connectivity index (χ1n) is 13.3. The average Bonchev–Trinajstić information content (AvgIpc) is 3.08. The number of anilines is 2. The van der Waals surface area contributed by atoms with Gasteiger partial charge in [-0.3, -0.25) is 19.3 Å². The van der Waals surface area contributed by atoms with E-state index in [1.165, 1.54) is 11.8 Å². The average molecular weight is 642 g/mol. The Bertz CT molecular complexity index is 1720. The minimum atomic E-state index is -1.45. The molecule has 44 heavy (non-hydrogen) atoms. The Kier molecular flexibility index (Phi) is 9.26. The summed E-state index contributed by atoms with van der Waals surface area (Å²) in [5, 5.41) is 4.26. The molecule has 0 spiro atoms. The van der Waals surface area contributed by atoms with E-state index in [-0.39, 0.29) is 11.1 Å². The van der Waals surface area contributed by atoms with Gasteiger partial charge in [0.05, 0.1) is 17.4 Å². The van der Waals surface area contributed by atoms with E-state index in [2.05, 4.69) is 10.6 Å². The van der Waals surface area contributed by atoms with Gasteiger partial charge in [-0.25, -0.2) is 17.6 Å². The molecule has 0 bridgehead atoms. The van der Waals surface area contributed by atoms with Gasteiger partial charge in [0.15, 0.2) is 0 Å². The van der Waals surface area contributed by atoms with E-state index in [1.54, 1.807) is 48.5 Å². The zero-order valence-corrected chi connectivity index (χ0v) is 24.6. The van der Waals surface area contributed by atoms with Crippen LogP contribution in [0.4, 0.5) is 28.9 Å². The maximum Gasteiger partial charge on any atom is 0.255 e. The largest absolute Gasteiger partial charge is 0.344 e. The van der Waals surface area contributed by atoms with Crippen molar-refractivity contribution in [1.29, 1.82) is 0 Å². The van der Waals surface area contributed by atoms with Crippen molar-refractivity contribution >= 4 is 52.5 Å². The third-order valence-electron chi connectivity index (χ3n) is 6.84. The quantitative estimate of drug-likeness (QED) is 0.222. The van der Waals surface area contributed by atoms with Crippen LogP contribution < -0.4 is 15.5 Å². The molecule has 0 saturated heterocycles. The second-order valence-corrected chi connectivity index (χ2v) is 11.7. The summed E-state index contributed by atoms with van der Waals surface area (Å²) in [6.07, 6.45) is -0.417. The summed E-state index contributed by atoms with van der Waals surface area (Å²) in [5.74, 6) is -5.42. The van der Waals surface area contributed by atoms with Gasteiger partial charge in [-0.2, -0.15) is 0 Å². The molecule has 1 heterocycles. The number of para-hydroxylation sites is 1. The summed E-state index contributed by atoms with van der Waals surface area (Å²) >= 11 is 7.35. The lowest BCUT2D eigenvalue weighted by Gasteiger charge is -2.30. The van der Waals surface area contributed by atoms with Gasteiger partial charge < -0.3 is 10.6 Å². The number of halogens is 5. The molecule has 2 N–H and O–H groups in total. The summed E-state index contributed by atoms with van der Waals surface area (Å²) in [7, 11) is 0.